The summed E-state index contributed by atoms with van der Waals surface area (Å²) in [5.41, 5.74) is 22.4. The third-order valence-electron chi connectivity index (χ3n) is 16.0. The third-order valence-corrected chi connectivity index (χ3v) is 16.0. The van der Waals surface area contributed by atoms with Crippen molar-refractivity contribution in [1.82, 2.24) is 14.1 Å². The molecule has 82 heavy (non-hydrogen) atoms. The smallest absolute Gasteiger partial charge is 0.145 e. The van der Waals surface area contributed by atoms with Crippen LogP contribution in [0.2, 0.25) is 0 Å². The maximum atomic E-state index is 4.86. The molecule has 15 rings (SSSR count). The standard InChI is InChI=1S/C77H53N5/c1-5-16-54(17-6-1)56-27-37-64(38-28-56)79(66-41-31-58(32-42-66)60-35-49-75-72(52-60)70-24-13-14-26-74(70)81(75)62-20-9-3-10-21-62)68-45-47-69(48-46-68)80(65-39-29-57(30-40-65)55-18-7-2-8-19-55)67-43-33-59(34-44-67)61-36-50-76-73(53-61)71-25-15-51-78-77(71)82(76)63-22-11-4-12-23-63/h1-53H. The summed E-state index contributed by atoms with van der Waals surface area (Å²) in [6.07, 6.45) is 1.88. The number of rotatable bonds is 12. The molecule has 0 aliphatic heterocycles. The number of anilines is 6. The molecule has 0 amide bonds. The van der Waals surface area contributed by atoms with Crippen LogP contribution in [-0.2, 0) is 0 Å². The molecule has 0 spiro atoms. The number of para-hydroxylation sites is 3. The van der Waals surface area contributed by atoms with Crippen molar-refractivity contribution < 1.29 is 0 Å². The van der Waals surface area contributed by atoms with Crippen molar-refractivity contribution in [2.45, 2.75) is 0 Å². The Morgan fingerprint density at radius 1 is 0.220 bits per heavy atom. The van der Waals surface area contributed by atoms with Crippen molar-refractivity contribution in [2.75, 3.05) is 9.80 Å². The Morgan fingerprint density at radius 2 is 0.524 bits per heavy atom. The zero-order chi connectivity index (χ0) is 54.3. The largest absolute Gasteiger partial charge is 0.311 e. The first kappa shape index (κ1) is 48.1. The summed E-state index contributed by atoms with van der Waals surface area (Å²) < 4.78 is 4.63. The lowest BCUT2D eigenvalue weighted by molar-refractivity contribution is 1.14. The van der Waals surface area contributed by atoms with Gasteiger partial charge < -0.3 is 14.4 Å². The van der Waals surface area contributed by atoms with E-state index in [-0.39, 0.29) is 0 Å². The molecule has 0 radical (unpaired) electrons. The molecular formula is C77H53N5. The molecule has 0 saturated heterocycles. The van der Waals surface area contributed by atoms with Crippen LogP contribution in [0.1, 0.15) is 0 Å². The van der Waals surface area contributed by atoms with Gasteiger partial charge in [-0.2, -0.15) is 0 Å². The van der Waals surface area contributed by atoms with Crippen molar-refractivity contribution in [1.29, 1.82) is 0 Å². The zero-order valence-corrected chi connectivity index (χ0v) is 44.8. The molecule has 0 fully saturated rings. The molecule has 3 aromatic heterocycles. The van der Waals surface area contributed by atoms with E-state index in [1.165, 1.54) is 55.0 Å². The molecule has 3 heterocycles. The summed E-state index contributed by atoms with van der Waals surface area (Å²) in [5.74, 6) is 0. The quantitative estimate of drug-likeness (QED) is 0.122. The van der Waals surface area contributed by atoms with Gasteiger partial charge >= 0.3 is 0 Å². The van der Waals surface area contributed by atoms with Gasteiger partial charge in [0.1, 0.15) is 5.65 Å². The molecule has 12 aromatic carbocycles. The van der Waals surface area contributed by atoms with Crippen LogP contribution in [0, 0.1) is 0 Å². The Balaban J connectivity index is 0.795. The monoisotopic (exact) mass is 1050 g/mol. The van der Waals surface area contributed by atoms with Gasteiger partial charge in [0.15, 0.2) is 0 Å². The summed E-state index contributed by atoms with van der Waals surface area (Å²) in [4.78, 5) is 9.57. The first-order chi connectivity index (χ1) is 40.7. The van der Waals surface area contributed by atoms with Crippen molar-refractivity contribution in [3.05, 3.63) is 322 Å². The van der Waals surface area contributed by atoms with Crippen LogP contribution in [0.5, 0.6) is 0 Å². The fourth-order valence-electron chi connectivity index (χ4n) is 12.0. The van der Waals surface area contributed by atoms with E-state index in [1.54, 1.807) is 0 Å². The second-order valence-corrected chi connectivity index (χ2v) is 20.8. The highest BCUT2D eigenvalue weighted by atomic mass is 15.2. The first-order valence-electron chi connectivity index (χ1n) is 27.9. The van der Waals surface area contributed by atoms with Gasteiger partial charge in [-0.05, 0) is 184 Å². The van der Waals surface area contributed by atoms with Gasteiger partial charge in [0, 0.05) is 73.2 Å². The maximum Gasteiger partial charge on any atom is 0.145 e. The molecule has 5 nitrogen and oxygen atoms in total. The zero-order valence-electron chi connectivity index (χ0n) is 44.8. The van der Waals surface area contributed by atoms with E-state index in [0.29, 0.717) is 0 Å². The molecule has 5 heteroatoms. The van der Waals surface area contributed by atoms with Crippen LogP contribution >= 0.6 is 0 Å². The molecule has 0 bridgehead atoms. The van der Waals surface area contributed by atoms with Crippen LogP contribution in [-0.4, -0.2) is 14.1 Å². The molecule has 0 saturated carbocycles. The van der Waals surface area contributed by atoms with Crippen molar-refractivity contribution in [2.24, 2.45) is 0 Å². The highest BCUT2D eigenvalue weighted by molar-refractivity contribution is 6.11. The first-order valence-corrected chi connectivity index (χ1v) is 27.9. The van der Waals surface area contributed by atoms with Crippen molar-refractivity contribution in [3.8, 4) is 55.9 Å². The maximum absolute atomic E-state index is 4.86. The summed E-state index contributed by atoms with van der Waals surface area (Å²) in [6, 6.07) is 114. The van der Waals surface area contributed by atoms with Gasteiger partial charge in [-0.1, -0.05) is 176 Å². The molecular weight excluding hydrogens is 995 g/mol. The minimum atomic E-state index is 0.951. The Labute approximate surface area is 476 Å². The second-order valence-electron chi connectivity index (χ2n) is 20.8. The molecule has 386 valence electrons. The predicted octanol–water partition coefficient (Wildman–Crippen LogP) is 20.9. The molecule has 15 aromatic rings. The summed E-state index contributed by atoms with van der Waals surface area (Å²) in [7, 11) is 0. The minimum Gasteiger partial charge on any atom is -0.311 e. The Kier molecular flexibility index (Phi) is 12.1. The molecule has 0 N–H and O–H groups in total. The molecule has 0 unspecified atom stereocenters. The minimum absolute atomic E-state index is 0.951. The average Bonchev–Trinajstić information content (AvgIpc) is 4.24. The van der Waals surface area contributed by atoms with E-state index in [0.717, 1.165) is 78.7 Å². The Bertz CT molecular complexity index is 4420. The summed E-state index contributed by atoms with van der Waals surface area (Å²) in [6.45, 7) is 0. The van der Waals surface area contributed by atoms with Gasteiger partial charge in [0.2, 0.25) is 0 Å². The number of pyridine rings is 1. The van der Waals surface area contributed by atoms with Crippen LogP contribution in [0.15, 0.2) is 322 Å². The van der Waals surface area contributed by atoms with Gasteiger partial charge in [0.25, 0.3) is 0 Å². The lowest BCUT2D eigenvalue weighted by Crippen LogP contribution is -2.12. The van der Waals surface area contributed by atoms with Crippen LogP contribution in [0.4, 0.5) is 34.1 Å². The van der Waals surface area contributed by atoms with Gasteiger partial charge in [0.05, 0.1) is 16.6 Å². The fourth-order valence-corrected chi connectivity index (χ4v) is 12.0. The van der Waals surface area contributed by atoms with E-state index >= 15 is 0 Å². The van der Waals surface area contributed by atoms with Gasteiger partial charge in [-0.15, -0.1) is 0 Å². The van der Waals surface area contributed by atoms with E-state index < -0.39 is 0 Å². The number of hydrogen-bond donors (Lipinski definition) is 0. The van der Waals surface area contributed by atoms with Crippen molar-refractivity contribution >= 4 is 77.9 Å². The fraction of sp³-hybridized carbons (Fsp3) is 0. The van der Waals surface area contributed by atoms with Crippen LogP contribution in [0.25, 0.3) is 99.6 Å². The molecule has 0 aliphatic carbocycles. The lowest BCUT2D eigenvalue weighted by Gasteiger charge is -2.29. The number of aromatic nitrogens is 3. The van der Waals surface area contributed by atoms with E-state index in [2.05, 4.69) is 328 Å². The number of fused-ring (bicyclic) bond motifs is 6. The van der Waals surface area contributed by atoms with E-state index in [4.69, 9.17) is 4.98 Å². The Hall–Kier alpha value is -11.0. The molecule has 0 atom stereocenters. The summed E-state index contributed by atoms with van der Waals surface area (Å²) >= 11 is 0. The van der Waals surface area contributed by atoms with Gasteiger partial charge in [-0.3, -0.25) is 4.57 Å². The Morgan fingerprint density at radius 3 is 0.976 bits per heavy atom. The van der Waals surface area contributed by atoms with Crippen LogP contribution < -0.4 is 9.80 Å². The molecule has 0 aliphatic rings. The number of nitrogens with zero attached hydrogens (tertiary/aromatic N) is 5. The van der Waals surface area contributed by atoms with E-state index in [1.807, 2.05) is 12.3 Å². The highest BCUT2D eigenvalue weighted by Crippen LogP contribution is 2.43. The van der Waals surface area contributed by atoms with Crippen LogP contribution in [0.3, 0.4) is 0 Å². The normalized spacial score (nSPS) is 11.4. The topological polar surface area (TPSA) is 29.2 Å². The summed E-state index contributed by atoms with van der Waals surface area (Å²) in [5, 5.41) is 4.78. The van der Waals surface area contributed by atoms with E-state index in [9.17, 15) is 0 Å². The average molecular weight is 1050 g/mol. The van der Waals surface area contributed by atoms with Gasteiger partial charge in [-0.25, -0.2) is 4.98 Å². The second kappa shape index (κ2) is 20.7. The lowest BCUT2D eigenvalue weighted by atomic mass is 10.0. The SMILES string of the molecule is c1ccc(-c2ccc(N(c3ccc(-c4ccc5c(c4)c4ccccc4n5-c4ccccc4)cc3)c3ccc(N(c4ccc(-c5ccccc5)cc4)c4ccc(-c5ccc6c(c5)c5cccnc5n6-c5ccccc5)cc4)cc3)cc2)cc1. The number of benzene rings is 12. The van der Waals surface area contributed by atoms with Crippen molar-refractivity contribution in [3.63, 3.8) is 0 Å². The third kappa shape index (κ3) is 8.74. The number of hydrogen-bond acceptors (Lipinski definition) is 3. The highest BCUT2D eigenvalue weighted by Gasteiger charge is 2.20. The predicted molar refractivity (Wildman–Crippen MR) is 344 cm³/mol.